The van der Waals surface area contributed by atoms with Gasteiger partial charge in [-0.3, -0.25) is 4.79 Å². The first-order valence-electron chi connectivity index (χ1n) is 6.84. The molecule has 0 aliphatic heterocycles. The SMILES string of the molecule is COc1ccc(CNC(=O)C2(N)CCCCC2)cc1.Cl. The van der Waals surface area contributed by atoms with Crippen LogP contribution in [0.25, 0.3) is 0 Å². The van der Waals surface area contributed by atoms with Crippen molar-refractivity contribution in [2.75, 3.05) is 7.11 Å². The number of hydrogen-bond acceptors (Lipinski definition) is 3. The summed E-state index contributed by atoms with van der Waals surface area (Å²) in [4.78, 5) is 12.2. The Morgan fingerprint density at radius 2 is 1.85 bits per heavy atom. The van der Waals surface area contributed by atoms with Crippen LogP contribution in [0.3, 0.4) is 0 Å². The van der Waals surface area contributed by atoms with Crippen LogP contribution in [0, 0.1) is 0 Å². The quantitative estimate of drug-likeness (QED) is 0.897. The molecule has 1 aliphatic carbocycles. The lowest BCUT2D eigenvalue weighted by atomic mass is 9.82. The molecule has 1 aliphatic rings. The Kier molecular flexibility index (Phi) is 6.30. The van der Waals surface area contributed by atoms with E-state index in [1.165, 1.54) is 6.42 Å². The summed E-state index contributed by atoms with van der Waals surface area (Å²) < 4.78 is 5.10. The van der Waals surface area contributed by atoms with Crippen molar-refractivity contribution < 1.29 is 9.53 Å². The molecule has 0 spiro atoms. The van der Waals surface area contributed by atoms with Gasteiger partial charge in [0.2, 0.25) is 5.91 Å². The Labute approximate surface area is 126 Å². The van der Waals surface area contributed by atoms with Crippen LogP contribution in [0.1, 0.15) is 37.7 Å². The lowest BCUT2D eigenvalue weighted by Gasteiger charge is -2.31. The average Bonchev–Trinajstić information content (AvgIpc) is 2.46. The Bertz CT molecular complexity index is 428. The zero-order valence-electron chi connectivity index (χ0n) is 11.9. The largest absolute Gasteiger partial charge is 0.497 e. The summed E-state index contributed by atoms with van der Waals surface area (Å²) in [5.41, 5.74) is 6.57. The third-order valence-electron chi connectivity index (χ3n) is 3.81. The van der Waals surface area contributed by atoms with Crippen LogP contribution >= 0.6 is 12.4 Å². The number of rotatable bonds is 4. The van der Waals surface area contributed by atoms with Crippen molar-refractivity contribution >= 4 is 18.3 Å². The van der Waals surface area contributed by atoms with Gasteiger partial charge >= 0.3 is 0 Å². The Morgan fingerprint density at radius 1 is 1.25 bits per heavy atom. The molecule has 5 heteroatoms. The minimum absolute atomic E-state index is 0. The van der Waals surface area contributed by atoms with Crippen LogP contribution in [0.4, 0.5) is 0 Å². The van der Waals surface area contributed by atoms with E-state index in [4.69, 9.17) is 10.5 Å². The van der Waals surface area contributed by atoms with E-state index in [-0.39, 0.29) is 18.3 Å². The molecule has 1 aromatic carbocycles. The smallest absolute Gasteiger partial charge is 0.240 e. The van der Waals surface area contributed by atoms with Crippen LogP contribution < -0.4 is 15.8 Å². The van der Waals surface area contributed by atoms with Gasteiger partial charge in [0, 0.05) is 6.54 Å². The van der Waals surface area contributed by atoms with E-state index in [0.717, 1.165) is 37.0 Å². The predicted octanol–water partition coefficient (Wildman–Crippen LogP) is 2.39. The second-order valence-corrected chi connectivity index (χ2v) is 5.25. The summed E-state index contributed by atoms with van der Waals surface area (Å²) >= 11 is 0. The number of nitrogens with one attached hydrogen (secondary N) is 1. The van der Waals surface area contributed by atoms with E-state index in [2.05, 4.69) is 5.32 Å². The summed E-state index contributed by atoms with van der Waals surface area (Å²) in [6.45, 7) is 0.516. The van der Waals surface area contributed by atoms with Crippen LogP contribution in [0.5, 0.6) is 5.75 Å². The highest BCUT2D eigenvalue weighted by Crippen LogP contribution is 2.26. The number of carbonyl (C=O) groups is 1. The van der Waals surface area contributed by atoms with Crippen LogP contribution in [0.15, 0.2) is 24.3 Å². The van der Waals surface area contributed by atoms with E-state index in [9.17, 15) is 4.79 Å². The average molecular weight is 299 g/mol. The molecule has 1 fully saturated rings. The van der Waals surface area contributed by atoms with Crippen molar-refractivity contribution in [3.63, 3.8) is 0 Å². The van der Waals surface area contributed by atoms with Crippen molar-refractivity contribution in [2.24, 2.45) is 5.73 Å². The number of benzene rings is 1. The molecule has 0 bridgehead atoms. The van der Waals surface area contributed by atoms with Gasteiger partial charge in [0.15, 0.2) is 0 Å². The molecule has 2 rings (SSSR count). The maximum Gasteiger partial charge on any atom is 0.240 e. The maximum absolute atomic E-state index is 12.2. The molecule has 0 saturated heterocycles. The fraction of sp³-hybridized carbons (Fsp3) is 0.533. The van der Waals surface area contributed by atoms with Gasteiger partial charge in [-0.05, 0) is 30.5 Å². The van der Waals surface area contributed by atoms with E-state index >= 15 is 0 Å². The highest BCUT2D eigenvalue weighted by molar-refractivity contribution is 5.86. The third-order valence-corrected chi connectivity index (χ3v) is 3.81. The molecule has 1 aromatic rings. The van der Waals surface area contributed by atoms with Crippen molar-refractivity contribution in [1.82, 2.24) is 5.32 Å². The van der Waals surface area contributed by atoms with Gasteiger partial charge < -0.3 is 15.8 Å². The fourth-order valence-electron chi connectivity index (χ4n) is 2.51. The van der Waals surface area contributed by atoms with Crippen LogP contribution in [-0.2, 0) is 11.3 Å². The second kappa shape index (κ2) is 7.50. The Morgan fingerprint density at radius 3 is 2.40 bits per heavy atom. The predicted molar refractivity (Wildman–Crippen MR) is 82.1 cm³/mol. The Hall–Kier alpha value is -1.26. The van der Waals surface area contributed by atoms with Gasteiger partial charge in [0.1, 0.15) is 5.75 Å². The first kappa shape index (κ1) is 16.8. The molecule has 20 heavy (non-hydrogen) atoms. The highest BCUT2D eigenvalue weighted by atomic mass is 35.5. The van der Waals surface area contributed by atoms with E-state index in [1.807, 2.05) is 24.3 Å². The highest BCUT2D eigenvalue weighted by Gasteiger charge is 2.34. The third kappa shape index (κ3) is 4.12. The standard InChI is InChI=1S/C15H22N2O2.ClH/c1-19-13-7-5-12(6-8-13)11-17-14(18)15(16)9-3-2-4-10-15;/h5-8H,2-4,9-11,16H2,1H3,(H,17,18);1H. The molecule has 0 heterocycles. The van der Waals surface area contributed by atoms with Gasteiger partial charge in [-0.15, -0.1) is 12.4 Å². The number of halogens is 1. The second-order valence-electron chi connectivity index (χ2n) is 5.25. The first-order valence-corrected chi connectivity index (χ1v) is 6.84. The molecule has 3 N–H and O–H groups in total. The number of ether oxygens (including phenoxy) is 1. The summed E-state index contributed by atoms with van der Waals surface area (Å²) in [6.07, 6.45) is 4.87. The van der Waals surface area contributed by atoms with Gasteiger partial charge in [0.25, 0.3) is 0 Å². The molecule has 0 atom stereocenters. The zero-order valence-corrected chi connectivity index (χ0v) is 12.7. The van der Waals surface area contributed by atoms with Crippen LogP contribution in [0.2, 0.25) is 0 Å². The normalized spacial score (nSPS) is 16.9. The summed E-state index contributed by atoms with van der Waals surface area (Å²) in [5, 5.41) is 2.94. The zero-order chi connectivity index (χ0) is 13.7. The van der Waals surface area contributed by atoms with Gasteiger partial charge in [-0.2, -0.15) is 0 Å². The van der Waals surface area contributed by atoms with Gasteiger partial charge in [-0.1, -0.05) is 31.4 Å². The topological polar surface area (TPSA) is 64.3 Å². The van der Waals surface area contributed by atoms with Crippen LogP contribution in [-0.4, -0.2) is 18.6 Å². The molecule has 0 aromatic heterocycles. The molecule has 1 saturated carbocycles. The molecule has 1 amide bonds. The molecule has 0 unspecified atom stereocenters. The van der Waals surface area contributed by atoms with E-state index in [0.29, 0.717) is 6.54 Å². The van der Waals surface area contributed by atoms with E-state index in [1.54, 1.807) is 7.11 Å². The van der Waals surface area contributed by atoms with Gasteiger partial charge in [-0.25, -0.2) is 0 Å². The summed E-state index contributed by atoms with van der Waals surface area (Å²) in [7, 11) is 1.64. The van der Waals surface area contributed by atoms with E-state index < -0.39 is 5.54 Å². The first-order chi connectivity index (χ1) is 9.14. The molecular formula is C15H23ClN2O2. The lowest BCUT2D eigenvalue weighted by Crippen LogP contribution is -2.54. The number of methoxy groups -OCH3 is 1. The minimum Gasteiger partial charge on any atom is -0.497 e. The van der Waals surface area contributed by atoms with Gasteiger partial charge in [0.05, 0.1) is 12.6 Å². The molecule has 4 nitrogen and oxygen atoms in total. The minimum atomic E-state index is -0.662. The molecule has 0 radical (unpaired) electrons. The molecular weight excluding hydrogens is 276 g/mol. The van der Waals surface area contributed by atoms with Crippen molar-refractivity contribution in [3.05, 3.63) is 29.8 Å². The monoisotopic (exact) mass is 298 g/mol. The lowest BCUT2D eigenvalue weighted by molar-refractivity contribution is -0.127. The van der Waals surface area contributed by atoms with Crippen molar-refractivity contribution in [3.8, 4) is 5.75 Å². The number of hydrogen-bond donors (Lipinski definition) is 2. The van der Waals surface area contributed by atoms with Crippen molar-refractivity contribution in [2.45, 2.75) is 44.2 Å². The summed E-state index contributed by atoms with van der Waals surface area (Å²) in [5.74, 6) is 0.792. The number of amides is 1. The Balaban J connectivity index is 0.00000200. The fourth-order valence-corrected chi connectivity index (χ4v) is 2.51. The molecule has 112 valence electrons. The number of carbonyl (C=O) groups excluding carboxylic acids is 1. The summed E-state index contributed by atoms with van der Waals surface area (Å²) in [6, 6.07) is 7.67. The van der Waals surface area contributed by atoms with Crippen molar-refractivity contribution in [1.29, 1.82) is 0 Å². The maximum atomic E-state index is 12.2. The number of nitrogens with two attached hydrogens (primary N) is 1.